The minimum atomic E-state index is -5.03. The molecular formula is C30H31F7N3O3-. The number of carboxylic acid groups (broad SMARTS) is 1. The summed E-state index contributed by atoms with van der Waals surface area (Å²) in [6.45, 7) is 4.15. The van der Waals surface area contributed by atoms with Crippen LogP contribution >= 0.6 is 0 Å². The van der Waals surface area contributed by atoms with E-state index in [0.29, 0.717) is 55.6 Å². The van der Waals surface area contributed by atoms with Crippen molar-refractivity contribution in [2.75, 3.05) is 26.7 Å². The molecule has 13 heteroatoms. The van der Waals surface area contributed by atoms with Crippen molar-refractivity contribution < 1.29 is 45.4 Å². The quantitative estimate of drug-likeness (QED) is 0.414. The van der Waals surface area contributed by atoms with Crippen molar-refractivity contribution in [1.29, 1.82) is 0 Å². The minimum absolute atomic E-state index is 0.00389. The lowest BCUT2D eigenvalue weighted by Crippen LogP contribution is -2.52. The van der Waals surface area contributed by atoms with Gasteiger partial charge in [0.1, 0.15) is 5.82 Å². The van der Waals surface area contributed by atoms with Crippen LogP contribution in [0.5, 0.6) is 0 Å². The average molecular weight is 615 g/mol. The Morgan fingerprint density at radius 2 is 1.67 bits per heavy atom. The minimum Gasteiger partial charge on any atom is -0.549 e. The molecule has 43 heavy (non-hydrogen) atoms. The number of hydrogen-bond acceptors (Lipinski definition) is 4. The SMILES string of the molecule is Cc1cc(F)ccc1[C@H]1C[C@@H](N2C[C@H]3C[C@@]3(C(=O)[O-])C2)CCN1C(=O)N(C)[C@@H](C)c1cc(C(F)(F)F)cc(C(F)(F)F)c1. The summed E-state index contributed by atoms with van der Waals surface area (Å²) in [5.41, 5.74) is -2.90. The third kappa shape index (κ3) is 5.80. The summed E-state index contributed by atoms with van der Waals surface area (Å²) in [5.74, 6) is -1.54. The van der Waals surface area contributed by atoms with Gasteiger partial charge in [-0.2, -0.15) is 26.3 Å². The standard InChI is InChI=1S/C30H32F7N3O3/c1-16-8-22(31)4-5-24(16)25-12-23(39-14-21-13-28(21,15-39)26(41)42)6-7-40(25)27(43)38(3)17(2)18-9-19(29(32,33)34)11-20(10-18)30(35,36)37/h4-5,8-11,17,21,23,25H,6-7,12-15H2,1-3H3,(H,41,42)/p-1/t17-,21+,23-,25+,28+/m0/s1. The maximum absolute atomic E-state index is 14.0. The molecule has 2 amide bonds. The van der Waals surface area contributed by atoms with Gasteiger partial charge in [-0.1, -0.05) is 6.07 Å². The van der Waals surface area contributed by atoms with Gasteiger partial charge in [0, 0.05) is 44.1 Å². The van der Waals surface area contributed by atoms with E-state index >= 15 is 0 Å². The van der Waals surface area contributed by atoms with Crippen LogP contribution in [0.1, 0.15) is 66.1 Å². The molecule has 0 unspecified atom stereocenters. The zero-order valence-electron chi connectivity index (χ0n) is 23.7. The van der Waals surface area contributed by atoms with Gasteiger partial charge in [-0.15, -0.1) is 0 Å². The monoisotopic (exact) mass is 614 g/mol. The van der Waals surface area contributed by atoms with E-state index in [9.17, 15) is 45.4 Å². The molecule has 6 nitrogen and oxygen atoms in total. The fourth-order valence-electron chi connectivity index (χ4n) is 6.74. The Bertz CT molecular complexity index is 1400. The first kappa shape index (κ1) is 31.1. The van der Waals surface area contributed by atoms with E-state index < -0.39 is 58.8 Å². The Kier molecular flexibility index (Phi) is 7.72. The number of carboxylic acids is 1. The molecule has 0 spiro atoms. The fourth-order valence-corrected chi connectivity index (χ4v) is 6.74. The number of carbonyl (C=O) groups is 2. The number of amides is 2. The van der Waals surface area contributed by atoms with E-state index in [-0.39, 0.29) is 30.1 Å². The molecule has 0 radical (unpaired) electrons. The van der Waals surface area contributed by atoms with Crippen molar-refractivity contribution in [2.45, 2.75) is 63.6 Å². The van der Waals surface area contributed by atoms with Gasteiger partial charge in [0.25, 0.3) is 0 Å². The zero-order chi connectivity index (χ0) is 31.6. The molecule has 3 fully saturated rings. The van der Waals surface area contributed by atoms with Gasteiger partial charge in [-0.25, -0.2) is 9.18 Å². The lowest BCUT2D eigenvalue weighted by molar-refractivity contribution is -0.313. The first-order valence-corrected chi connectivity index (χ1v) is 14.0. The third-order valence-corrected chi connectivity index (χ3v) is 9.48. The van der Waals surface area contributed by atoms with Gasteiger partial charge < -0.3 is 19.7 Å². The number of fused-ring (bicyclic) bond motifs is 1. The molecule has 0 bridgehead atoms. The van der Waals surface area contributed by atoms with Gasteiger partial charge in [-0.3, -0.25) is 4.90 Å². The molecule has 2 saturated heterocycles. The second kappa shape index (κ2) is 10.7. The second-order valence-electron chi connectivity index (χ2n) is 12.1. The lowest BCUT2D eigenvalue weighted by Gasteiger charge is -2.45. The Labute approximate surface area is 244 Å². The predicted molar refractivity (Wildman–Crippen MR) is 139 cm³/mol. The summed E-state index contributed by atoms with van der Waals surface area (Å²) in [6.07, 6.45) is -8.63. The molecule has 0 N–H and O–H groups in total. The Morgan fingerprint density at radius 3 is 2.21 bits per heavy atom. The van der Waals surface area contributed by atoms with Crippen LogP contribution in [0.25, 0.3) is 0 Å². The largest absolute Gasteiger partial charge is 0.549 e. The summed E-state index contributed by atoms with van der Waals surface area (Å²) >= 11 is 0. The number of rotatable bonds is 5. The molecule has 234 valence electrons. The van der Waals surface area contributed by atoms with Crippen LogP contribution in [-0.2, 0) is 17.1 Å². The Hall–Kier alpha value is -3.35. The number of aryl methyl sites for hydroxylation is 1. The summed E-state index contributed by atoms with van der Waals surface area (Å²) in [6, 6.07) is 2.97. The summed E-state index contributed by atoms with van der Waals surface area (Å²) in [4.78, 5) is 30.4. The number of carbonyl (C=O) groups excluding carboxylic acids is 2. The van der Waals surface area contributed by atoms with E-state index in [1.54, 1.807) is 13.0 Å². The predicted octanol–water partition coefficient (Wildman–Crippen LogP) is 5.56. The molecule has 1 saturated carbocycles. The van der Waals surface area contributed by atoms with Crippen LogP contribution in [0.2, 0.25) is 0 Å². The number of nitrogens with zero attached hydrogens (tertiary/aromatic N) is 3. The molecular weight excluding hydrogens is 583 g/mol. The van der Waals surface area contributed by atoms with E-state index in [4.69, 9.17) is 0 Å². The second-order valence-corrected chi connectivity index (χ2v) is 12.1. The van der Waals surface area contributed by atoms with Crippen LogP contribution in [-0.4, -0.2) is 59.4 Å². The van der Waals surface area contributed by atoms with Gasteiger partial charge in [0.05, 0.1) is 23.2 Å². The van der Waals surface area contributed by atoms with Crippen LogP contribution in [0.3, 0.4) is 0 Å². The summed E-state index contributed by atoms with van der Waals surface area (Å²) in [5, 5.41) is 11.7. The maximum Gasteiger partial charge on any atom is 0.416 e. The molecule has 2 aromatic carbocycles. The number of hydrogen-bond donors (Lipinski definition) is 0. The smallest absolute Gasteiger partial charge is 0.416 e. The lowest BCUT2D eigenvalue weighted by atomic mass is 9.88. The molecule has 3 aliphatic rings. The van der Waals surface area contributed by atoms with Crippen molar-refractivity contribution in [1.82, 2.24) is 14.7 Å². The normalized spacial score (nSPS) is 26.7. The zero-order valence-corrected chi connectivity index (χ0v) is 23.7. The van der Waals surface area contributed by atoms with Crippen LogP contribution in [0.15, 0.2) is 36.4 Å². The first-order valence-electron chi connectivity index (χ1n) is 14.0. The molecule has 0 aromatic heterocycles. The molecule has 2 heterocycles. The topological polar surface area (TPSA) is 66.9 Å². The summed E-state index contributed by atoms with van der Waals surface area (Å²) in [7, 11) is 1.32. The number of urea groups is 1. The molecule has 2 aromatic rings. The van der Waals surface area contributed by atoms with Crippen molar-refractivity contribution in [3.05, 3.63) is 70.0 Å². The third-order valence-electron chi connectivity index (χ3n) is 9.48. The molecule has 2 aliphatic heterocycles. The molecule has 5 rings (SSSR count). The number of alkyl halides is 6. The van der Waals surface area contributed by atoms with Crippen molar-refractivity contribution in [3.63, 3.8) is 0 Å². The van der Waals surface area contributed by atoms with Crippen molar-refractivity contribution >= 4 is 12.0 Å². The van der Waals surface area contributed by atoms with Crippen molar-refractivity contribution in [3.8, 4) is 0 Å². The van der Waals surface area contributed by atoms with Crippen molar-refractivity contribution in [2.24, 2.45) is 11.3 Å². The van der Waals surface area contributed by atoms with Crippen LogP contribution in [0.4, 0.5) is 35.5 Å². The highest BCUT2D eigenvalue weighted by atomic mass is 19.4. The average Bonchev–Trinajstić information content (AvgIpc) is 3.51. The fraction of sp³-hybridized carbons (Fsp3) is 0.533. The van der Waals surface area contributed by atoms with Crippen LogP contribution < -0.4 is 5.11 Å². The van der Waals surface area contributed by atoms with E-state index in [2.05, 4.69) is 4.90 Å². The number of benzene rings is 2. The summed E-state index contributed by atoms with van der Waals surface area (Å²) < 4.78 is 94.9. The number of halogens is 7. The highest BCUT2D eigenvalue weighted by Gasteiger charge is 2.62. The molecule has 5 atom stereocenters. The Morgan fingerprint density at radius 1 is 1.05 bits per heavy atom. The van der Waals surface area contributed by atoms with Gasteiger partial charge >= 0.3 is 18.4 Å². The van der Waals surface area contributed by atoms with Gasteiger partial charge in [0.15, 0.2) is 0 Å². The number of aliphatic carboxylic acids is 1. The first-order chi connectivity index (χ1) is 19.9. The number of piperidine rings is 2. The molecule has 1 aliphatic carbocycles. The van der Waals surface area contributed by atoms with Gasteiger partial charge in [-0.05, 0) is 86.1 Å². The number of likely N-dealkylation sites (tertiary alicyclic amines) is 2. The van der Waals surface area contributed by atoms with E-state index in [1.165, 1.54) is 31.0 Å². The highest BCUT2D eigenvalue weighted by Crippen LogP contribution is 2.58. The highest BCUT2D eigenvalue weighted by molar-refractivity contribution is 5.78. The van der Waals surface area contributed by atoms with Gasteiger partial charge in [0.2, 0.25) is 0 Å². The Balaban J connectivity index is 1.43. The maximum atomic E-state index is 14.0. The van der Waals surface area contributed by atoms with E-state index in [0.717, 1.165) is 4.90 Å². The van der Waals surface area contributed by atoms with Crippen LogP contribution in [0, 0.1) is 24.1 Å². The van der Waals surface area contributed by atoms with E-state index in [1.807, 2.05) is 0 Å².